The minimum atomic E-state index is -1.18. The number of thiocarbonyl (C=S) groups is 1. The molecule has 0 aliphatic carbocycles. The maximum Gasteiger partial charge on any atom is 0.251 e. The van der Waals surface area contributed by atoms with E-state index >= 15 is 0 Å². The van der Waals surface area contributed by atoms with Crippen LogP contribution in [0.25, 0.3) is 0 Å². The van der Waals surface area contributed by atoms with Gasteiger partial charge in [0, 0.05) is 6.21 Å². The molecule has 7 heteroatoms. The lowest BCUT2D eigenvalue weighted by Crippen LogP contribution is -2.58. The van der Waals surface area contributed by atoms with Crippen molar-refractivity contribution in [3.05, 3.63) is 60.4 Å². The Balaban J connectivity index is 1.90. The molecular formula is C17H12FN3O2S. The van der Waals surface area contributed by atoms with E-state index in [0.717, 1.165) is 6.21 Å². The molecule has 0 bridgehead atoms. The molecule has 0 unspecified atom stereocenters. The number of benzene rings is 2. The van der Waals surface area contributed by atoms with Crippen molar-refractivity contribution in [2.45, 2.75) is 0 Å². The fraction of sp³-hybridized carbons (Fsp3) is 0.0588. The molecule has 3 rings (SSSR count). The zero-order valence-corrected chi connectivity index (χ0v) is 13.2. The minimum absolute atomic E-state index is 0.00624. The summed E-state index contributed by atoms with van der Waals surface area (Å²) in [5, 5.41) is 2.48. The number of amides is 2. The van der Waals surface area contributed by atoms with Crippen LogP contribution >= 0.6 is 12.2 Å². The predicted octanol–water partition coefficient (Wildman–Crippen LogP) is 2.59. The standard InChI is InChI=1S/C17H12FN3O2S/c18-13-8-4-5-9-14(13)19-10-12-15(22)20-17(24)21(16(12)23)11-6-2-1-3-7-11/h1-10,12H,(H,20,22,24)/t12-/m0/s1. The normalized spacial score (nSPS) is 18.1. The molecule has 0 spiro atoms. The molecule has 1 aliphatic rings. The monoisotopic (exact) mass is 341 g/mol. The second-order valence-electron chi connectivity index (χ2n) is 5.01. The molecule has 1 aliphatic heterocycles. The number of para-hydroxylation sites is 2. The second kappa shape index (κ2) is 6.67. The van der Waals surface area contributed by atoms with Crippen LogP contribution in [0.15, 0.2) is 59.6 Å². The number of anilines is 1. The number of nitrogens with zero attached hydrogens (tertiary/aromatic N) is 2. The number of hydrogen-bond donors (Lipinski definition) is 1. The van der Waals surface area contributed by atoms with E-state index in [4.69, 9.17) is 12.2 Å². The lowest BCUT2D eigenvalue weighted by atomic mass is 10.1. The Morgan fingerprint density at radius 1 is 1.08 bits per heavy atom. The summed E-state index contributed by atoms with van der Waals surface area (Å²) >= 11 is 5.08. The molecule has 1 fully saturated rings. The Bertz CT molecular complexity index is 839. The molecule has 1 saturated heterocycles. The van der Waals surface area contributed by atoms with Crippen LogP contribution in [-0.4, -0.2) is 23.1 Å². The Hall–Kier alpha value is -2.93. The van der Waals surface area contributed by atoms with Crippen molar-refractivity contribution in [2.24, 2.45) is 10.9 Å². The van der Waals surface area contributed by atoms with Gasteiger partial charge in [-0.3, -0.25) is 19.5 Å². The molecule has 24 heavy (non-hydrogen) atoms. The van der Waals surface area contributed by atoms with Gasteiger partial charge in [-0.15, -0.1) is 0 Å². The summed E-state index contributed by atoms with van der Waals surface area (Å²) in [5.41, 5.74) is 0.592. The first-order valence-electron chi connectivity index (χ1n) is 7.10. The van der Waals surface area contributed by atoms with Crippen LogP contribution in [-0.2, 0) is 9.59 Å². The first kappa shape index (κ1) is 15.9. The largest absolute Gasteiger partial charge is 0.301 e. The molecule has 1 N–H and O–H groups in total. The van der Waals surface area contributed by atoms with Gasteiger partial charge in [-0.05, 0) is 36.5 Å². The van der Waals surface area contributed by atoms with Crippen molar-refractivity contribution < 1.29 is 14.0 Å². The SMILES string of the molecule is O=C1NC(=S)N(c2ccccc2)C(=O)[C@H]1C=Nc1ccccc1F. The van der Waals surface area contributed by atoms with Gasteiger partial charge in [-0.1, -0.05) is 30.3 Å². The van der Waals surface area contributed by atoms with E-state index in [0.29, 0.717) is 5.69 Å². The van der Waals surface area contributed by atoms with E-state index < -0.39 is 23.5 Å². The van der Waals surface area contributed by atoms with Crippen molar-refractivity contribution >= 4 is 46.7 Å². The smallest absolute Gasteiger partial charge is 0.251 e. The van der Waals surface area contributed by atoms with Gasteiger partial charge in [0.05, 0.1) is 11.4 Å². The van der Waals surface area contributed by atoms with E-state index in [1.165, 1.54) is 23.1 Å². The summed E-state index contributed by atoms with van der Waals surface area (Å²) < 4.78 is 13.6. The van der Waals surface area contributed by atoms with Gasteiger partial charge in [0.2, 0.25) is 5.91 Å². The molecule has 0 radical (unpaired) electrons. The fourth-order valence-corrected chi connectivity index (χ4v) is 2.55. The van der Waals surface area contributed by atoms with Crippen LogP contribution in [0.5, 0.6) is 0 Å². The van der Waals surface area contributed by atoms with E-state index in [1.807, 2.05) is 0 Å². The number of aliphatic imine (C=N–C) groups is 1. The highest BCUT2D eigenvalue weighted by Crippen LogP contribution is 2.21. The maximum absolute atomic E-state index is 13.6. The van der Waals surface area contributed by atoms with E-state index in [2.05, 4.69) is 10.3 Å². The Morgan fingerprint density at radius 2 is 1.75 bits per heavy atom. The second-order valence-corrected chi connectivity index (χ2v) is 5.40. The summed E-state index contributed by atoms with van der Waals surface area (Å²) in [4.78, 5) is 29.9. The van der Waals surface area contributed by atoms with Gasteiger partial charge >= 0.3 is 0 Å². The Morgan fingerprint density at radius 3 is 2.46 bits per heavy atom. The molecule has 0 saturated carbocycles. The summed E-state index contributed by atoms with van der Waals surface area (Å²) in [6.45, 7) is 0. The minimum Gasteiger partial charge on any atom is -0.301 e. The van der Waals surface area contributed by atoms with Crippen molar-refractivity contribution in [3.8, 4) is 0 Å². The van der Waals surface area contributed by atoms with Crippen LogP contribution in [0.2, 0.25) is 0 Å². The predicted molar refractivity (Wildman–Crippen MR) is 92.7 cm³/mol. The molecule has 2 amide bonds. The van der Waals surface area contributed by atoms with Crippen molar-refractivity contribution in [1.82, 2.24) is 5.32 Å². The van der Waals surface area contributed by atoms with Crippen LogP contribution in [0.3, 0.4) is 0 Å². The zero-order chi connectivity index (χ0) is 17.1. The molecule has 2 aromatic rings. The highest BCUT2D eigenvalue weighted by molar-refractivity contribution is 7.80. The Labute approximate surface area is 142 Å². The molecular weight excluding hydrogens is 329 g/mol. The van der Waals surface area contributed by atoms with Gasteiger partial charge in [0.1, 0.15) is 5.82 Å². The average molecular weight is 341 g/mol. The van der Waals surface area contributed by atoms with Gasteiger partial charge < -0.3 is 5.32 Å². The third-order valence-corrected chi connectivity index (χ3v) is 3.72. The number of hydrogen-bond acceptors (Lipinski definition) is 4. The topological polar surface area (TPSA) is 61.8 Å². The fourth-order valence-electron chi connectivity index (χ4n) is 2.25. The first-order valence-corrected chi connectivity index (χ1v) is 7.51. The molecule has 1 heterocycles. The molecule has 2 aromatic carbocycles. The van der Waals surface area contributed by atoms with Gasteiger partial charge in [0.25, 0.3) is 5.91 Å². The number of carbonyl (C=O) groups excluding carboxylic acids is 2. The maximum atomic E-state index is 13.6. The van der Waals surface area contributed by atoms with Gasteiger partial charge in [-0.25, -0.2) is 4.39 Å². The van der Waals surface area contributed by atoms with Crippen LogP contribution < -0.4 is 10.2 Å². The number of halogens is 1. The van der Waals surface area contributed by atoms with Gasteiger partial charge in [0.15, 0.2) is 11.0 Å². The summed E-state index contributed by atoms with van der Waals surface area (Å²) in [5.74, 6) is -2.84. The molecule has 120 valence electrons. The zero-order valence-electron chi connectivity index (χ0n) is 12.3. The van der Waals surface area contributed by atoms with Crippen molar-refractivity contribution in [3.63, 3.8) is 0 Å². The van der Waals surface area contributed by atoms with Gasteiger partial charge in [-0.2, -0.15) is 0 Å². The third kappa shape index (κ3) is 3.07. The molecule has 0 aromatic heterocycles. The summed E-state index contributed by atoms with van der Waals surface area (Å²) in [6, 6.07) is 14.6. The first-order chi connectivity index (χ1) is 11.6. The van der Waals surface area contributed by atoms with Crippen LogP contribution in [0, 0.1) is 11.7 Å². The van der Waals surface area contributed by atoms with Crippen LogP contribution in [0.4, 0.5) is 15.8 Å². The molecule has 5 nitrogen and oxygen atoms in total. The number of rotatable bonds is 3. The third-order valence-electron chi connectivity index (χ3n) is 3.43. The lowest BCUT2D eigenvalue weighted by molar-refractivity contribution is -0.130. The number of nitrogens with one attached hydrogen (secondary N) is 1. The molecule has 1 atom stereocenters. The highest BCUT2D eigenvalue weighted by Gasteiger charge is 2.38. The van der Waals surface area contributed by atoms with Crippen molar-refractivity contribution in [1.29, 1.82) is 0 Å². The van der Waals surface area contributed by atoms with Crippen molar-refractivity contribution in [2.75, 3.05) is 4.90 Å². The highest BCUT2D eigenvalue weighted by atomic mass is 32.1. The number of carbonyl (C=O) groups is 2. The van der Waals surface area contributed by atoms with E-state index in [-0.39, 0.29) is 10.8 Å². The lowest BCUT2D eigenvalue weighted by Gasteiger charge is -2.30. The summed E-state index contributed by atoms with van der Waals surface area (Å²) in [6.07, 6.45) is 1.13. The quantitative estimate of drug-likeness (QED) is 0.530. The summed E-state index contributed by atoms with van der Waals surface area (Å²) in [7, 11) is 0. The van der Waals surface area contributed by atoms with E-state index in [9.17, 15) is 14.0 Å². The Kier molecular flexibility index (Phi) is 4.43. The average Bonchev–Trinajstić information content (AvgIpc) is 2.57. The van der Waals surface area contributed by atoms with Crippen LogP contribution in [0.1, 0.15) is 0 Å². The van der Waals surface area contributed by atoms with E-state index in [1.54, 1.807) is 36.4 Å².